The van der Waals surface area contributed by atoms with Crippen LogP contribution in [-0.2, 0) is 52.9 Å². The van der Waals surface area contributed by atoms with E-state index in [-0.39, 0.29) is 80.9 Å². The summed E-state index contributed by atoms with van der Waals surface area (Å²) in [5, 5.41) is 23.1. The van der Waals surface area contributed by atoms with E-state index in [1.54, 1.807) is 67.6 Å². The van der Waals surface area contributed by atoms with Crippen molar-refractivity contribution in [1.82, 2.24) is 33.1 Å². The SMILES string of the molecule is C1CCOC1.CC(=O)Nc1cccc(-n2c(=O)[nH]c(=O)c3c(Nc4ccc(I)cc4F)n(C)c(=O)c(C)c32)c1.CC(=O)Nc1cccc(-n2c(=O)n(CCCCNCc3ccccc3)c(=O)c3c(Nc4ccc(I)cc4F)n(C)c(=O)c(C)c32)c1.OCCCCOCc1ccccc1. The van der Waals surface area contributed by atoms with Crippen molar-refractivity contribution in [1.29, 1.82) is 0 Å². The molecule has 2 amide bonds. The van der Waals surface area contributed by atoms with Gasteiger partial charge in [0.1, 0.15) is 34.0 Å². The number of hydrogen-bond acceptors (Lipinski definition) is 14. The van der Waals surface area contributed by atoms with Crippen LogP contribution in [0.5, 0.6) is 0 Å². The van der Waals surface area contributed by atoms with Gasteiger partial charge in [0.05, 0.1) is 40.4 Å². The third-order valence-electron chi connectivity index (χ3n) is 15.6. The second-order valence-electron chi connectivity index (χ2n) is 22.9. The third-order valence-corrected chi connectivity index (χ3v) is 16.9. The van der Waals surface area contributed by atoms with Crippen LogP contribution in [0, 0.1) is 32.6 Å². The number of unbranched alkanes of at least 4 members (excludes halogenated alkanes) is 2. The van der Waals surface area contributed by atoms with Gasteiger partial charge in [-0.15, -0.1) is 0 Å². The Labute approximate surface area is 590 Å². The first-order valence-electron chi connectivity index (χ1n) is 31.6. The zero-order valence-electron chi connectivity index (χ0n) is 55.0. The largest absolute Gasteiger partial charge is 0.396 e. The molecule has 1 fully saturated rings. The number of aromatic nitrogens is 6. The quantitative estimate of drug-likeness (QED) is 0.0260. The maximum atomic E-state index is 15.0. The molecule has 11 rings (SSSR count). The molecule has 1 saturated heterocycles. The molecule has 0 saturated carbocycles. The van der Waals surface area contributed by atoms with Crippen LogP contribution in [0.3, 0.4) is 0 Å². The van der Waals surface area contributed by atoms with E-state index in [4.69, 9.17) is 14.6 Å². The number of carbonyl (C=O) groups is 2. The first-order chi connectivity index (χ1) is 47.1. The Hall–Kier alpha value is -9.20. The van der Waals surface area contributed by atoms with Gasteiger partial charge in [0.25, 0.3) is 22.2 Å². The van der Waals surface area contributed by atoms with Gasteiger partial charge in [0.2, 0.25) is 11.8 Å². The average molecular weight is 1560 g/mol. The highest BCUT2D eigenvalue weighted by Gasteiger charge is 2.25. The van der Waals surface area contributed by atoms with E-state index in [9.17, 15) is 42.7 Å². The van der Waals surface area contributed by atoms with Crippen molar-refractivity contribution in [3.8, 4) is 11.4 Å². The molecule has 1 aliphatic heterocycles. The van der Waals surface area contributed by atoms with Gasteiger partial charge in [-0.2, -0.15) is 0 Å². The van der Waals surface area contributed by atoms with E-state index in [0.717, 1.165) is 42.8 Å². The number of nitrogens with one attached hydrogen (secondary N) is 6. The Bertz CT molecular complexity index is 4850. The summed E-state index contributed by atoms with van der Waals surface area (Å²) >= 11 is 3.97. The highest BCUT2D eigenvalue weighted by Crippen LogP contribution is 2.30. The Balaban J connectivity index is 0.000000204. The summed E-state index contributed by atoms with van der Waals surface area (Å²) in [6.45, 7) is 10.9. The maximum absolute atomic E-state index is 15.0. The highest BCUT2D eigenvalue weighted by molar-refractivity contribution is 14.1. The lowest BCUT2D eigenvalue weighted by molar-refractivity contribution is -0.115. The number of aliphatic hydroxyl groups is 1. The Morgan fingerprint density at radius 2 is 1.11 bits per heavy atom. The van der Waals surface area contributed by atoms with Crippen LogP contribution in [0.1, 0.15) is 74.6 Å². The standard InChI is InChI=1S/C34H34FIN6O4.C23H19FIN5O4.C11H16O2.C4H8O/c1-21-30-29(31(40(3)32(21)44)39-28-15-14-24(36)18-27(28)35)33(45)41(17-8-7-16-37-20-23-10-5-4-6-11-23)34(46)42(30)26-13-9-12-25(19-26)38-22(2)43;1-11-19-18(20(29(3)22(11)33)27-17-8-7-13(25)9-16(17)24)21(32)28-23(34)30(19)15-6-4-5-14(10-15)26-12(2)31;12-8-4-5-9-13-10-11-6-2-1-3-7-11;1-2-4-5-3-1/h4-6,9-15,18-19,37,39H,7-8,16-17,20H2,1-3H3,(H,38,43);4-10,27H,1-3H3,(H,26,31)(H,28,32,34);1-3,6-7,12H,4-5,8-10H2;1-4H2. The minimum absolute atomic E-state index is 0.00193. The number of anilines is 6. The number of H-pyrrole nitrogens is 1. The summed E-state index contributed by atoms with van der Waals surface area (Å²) in [4.78, 5) is 107. The lowest BCUT2D eigenvalue weighted by Crippen LogP contribution is -2.41. The zero-order chi connectivity index (χ0) is 70.6. The summed E-state index contributed by atoms with van der Waals surface area (Å²) in [7, 11) is 2.95. The number of nitrogens with zero attached hydrogens (tertiary/aromatic N) is 5. The van der Waals surface area contributed by atoms with Crippen LogP contribution in [0.4, 0.5) is 43.2 Å². The molecule has 10 aromatic rings. The number of ether oxygens (including phenoxy) is 2. The fraction of sp³-hybridized carbons (Fsp3) is 0.278. The molecule has 0 radical (unpaired) electrons. The van der Waals surface area contributed by atoms with Crippen LogP contribution in [0.25, 0.3) is 33.2 Å². The Kier molecular flexibility index (Phi) is 27.3. The predicted octanol–water partition coefficient (Wildman–Crippen LogP) is 11.1. The van der Waals surface area contributed by atoms with E-state index < -0.39 is 45.3 Å². The number of amides is 2. The fourth-order valence-electron chi connectivity index (χ4n) is 10.8. The number of rotatable bonds is 21. The van der Waals surface area contributed by atoms with Gasteiger partial charge < -0.3 is 41.2 Å². The summed E-state index contributed by atoms with van der Waals surface area (Å²) < 4.78 is 47.4. The lowest BCUT2D eigenvalue weighted by atomic mass is 10.1. The summed E-state index contributed by atoms with van der Waals surface area (Å²) in [5.74, 6) is -1.64. The summed E-state index contributed by atoms with van der Waals surface area (Å²) in [6, 6.07) is 42.2. The van der Waals surface area contributed by atoms with Crippen molar-refractivity contribution < 1.29 is 33.0 Å². The first kappa shape index (κ1) is 74.6. The minimum Gasteiger partial charge on any atom is -0.396 e. The molecule has 6 aromatic carbocycles. The number of pyridine rings is 2. The Morgan fingerprint density at radius 3 is 1.61 bits per heavy atom. The average Bonchev–Trinajstić information content (AvgIpc) is 1.20. The number of aryl methyl sites for hydroxylation is 2. The molecular weight excluding hydrogens is 1490 g/mol. The molecule has 0 aliphatic carbocycles. The van der Waals surface area contributed by atoms with Gasteiger partial charge in [-0.25, -0.2) is 18.4 Å². The number of fused-ring (bicyclic) bond motifs is 2. The molecule has 7 N–H and O–H groups in total. The zero-order valence-corrected chi connectivity index (χ0v) is 59.3. The molecule has 98 heavy (non-hydrogen) atoms. The topological polar surface area (TPSA) is 276 Å². The molecule has 4 aromatic heterocycles. The number of aliphatic hydroxyl groups excluding tert-OH is 1. The molecular formula is C72H77F2I2N11O11. The molecule has 22 nitrogen and oxygen atoms in total. The molecule has 0 atom stereocenters. The van der Waals surface area contributed by atoms with Crippen LogP contribution < -0.4 is 60.2 Å². The normalized spacial score (nSPS) is 11.6. The number of carbonyl (C=O) groups excluding carboxylic acids is 2. The van der Waals surface area contributed by atoms with Crippen LogP contribution in [0.2, 0.25) is 0 Å². The molecule has 0 bridgehead atoms. The molecule has 1 aliphatic rings. The molecule has 0 unspecified atom stereocenters. The van der Waals surface area contributed by atoms with Crippen molar-refractivity contribution in [2.24, 2.45) is 14.1 Å². The monoisotopic (exact) mass is 1560 g/mol. The van der Waals surface area contributed by atoms with E-state index in [2.05, 4.69) is 31.6 Å². The van der Waals surface area contributed by atoms with Gasteiger partial charge in [-0.3, -0.25) is 56.6 Å². The van der Waals surface area contributed by atoms with Crippen molar-refractivity contribution in [3.63, 3.8) is 0 Å². The fourth-order valence-corrected chi connectivity index (χ4v) is 11.7. The first-order valence-corrected chi connectivity index (χ1v) is 33.8. The van der Waals surface area contributed by atoms with Crippen LogP contribution >= 0.6 is 45.2 Å². The van der Waals surface area contributed by atoms with Crippen molar-refractivity contribution in [3.05, 3.63) is 249 Å². The van der Waals surface area contributed by atoms with E-state index in [0.29, 0.717) is 62.4 Å². The smallest absolute Gasteiger partial charge is 0.336 e. The Morgan fingerprint density at radius 1 is 0.602 bits per heavy atom. The number of aromatic amines is 1. The second kappa shape index (κ2) is 35.9. The minimum atomic E-state index is -0.764. The lowest BCUT2D eigenvalue weighted by Gasteiger charge is -2.21. The van der Waals surface area contributed by atoms with Gasteiger partial charge >= 0.3 is 11.4 Å². The van der Waals surface area contributed by atoms with Crippen molar-refractivity contribution in [2.45, 2.75) is 85.9 Å². The molecule has 0 spiro atoms. The molecule has 26 heteroatoms. The second-order valence-corrected chi connectivity index (χ2v) is 25.4. The van der Waals surface area contributed by atoms with Gasteiger partial charge in [0, 0.05) is 97.1 Å². The molecule has 514 valence electrons. The van der Waals surface area contributed by atoms with Crippen molar-refractivity contribution in [2.75, 3.05) is 54.2 Å². The predicted molar refractivity (Wildman–Crippen MR) is 397 cm³/mol. The van der Waals surface area contributed by atoms with Crippen LogP contribution in [0.15, 0.2) is 174 Å². The summed E-state index contributed by atoms with van der Waals surface area (Å²) in [6.07, 6.45) is 5.53. The number of benzene rings is 6. The number of halogens is 4. The molecule has 5 heterocycles. The van der Waals surface area contributed by atoms with E-state index >= 15 is 4.39 Å². The maximum Gasteiger partial charge on any atom is 0.336 e. The highest BCUT2D eigenvalue weighted by atomic mass is 127. The summed E-state index contributed by atoms with van der Waals surface area (Å²) in [5.41, 5.74) is 0.859. The van der Waals surface area contributed by atoms with E-state index in [1.807, 2.05) is 106 Å². The van der Waals surface area contributed by atoms with Crippen LogP contribution in [-0.4, -0.2) is 77.7 Å². The third kappa shape index (κ3) is 19.3. The van der Waals surface area contributed by atoms with Gasteiger partial charge in [-0.1, -0.05) is 72.8 Å². The van der Waals surface area contributed by atoms with E-state index in [1.165, 1.54) is 95.8 Å². The van der Waals surface area contributed by atoms with Crippen molar-refractivity contribution >= 4 is 113 Å². The van der Waals surface area contributed by atoms with Gasteiger partial charge in [0.15, 0.2) is 0 Å². The van der Waals surface area contributed by atoms with Gasteiger partial charge in [-0.05, 0) is 188 Å². The number of hydrogen-bond donors (Lipinski definition) is 7.